The van der Waals surface area contributed by atoms with Gasteiger partial charge in [-0.2, -0.15) is 11.8 Å². The van der Waals surface area contributed by atoms with Gasteiger partial charge in [0, 0.05) is 30.2 Å². The highest BCUT2D eigenvalue weighted by atomic mass is 32.2. The first-order chi connectivity index (χ1) is 6.54. The number of alkyl halides is 2. The third kappa shape index (κ3) is 2.06. The first kappa shape index (κ1) is 10.7. The summed E-state index contributed by atoms with van der Waals surface area (Å²) in [7, 11) is 0. The van der Waals surface area contributed by atoms with Crippen molar-refractivity contribution in [2.45, 2.75) is 38.2 Å². The molecule has 1 aliphatic carbocycles. The van der Waals surface area contributed by atoms with Crippen LogP contribution < -0.4 is 5.32 Å². The third-order valence-electron chi connectivity index (χ3n) is 3.31. The lowest BCUT2D eigenvalue weighted by Gasteiger charge is -2.24. The predicted molar refractivity (Wildman–Crippen MR) is 56.0 cm³/mol. The maximum atomic E-state index is 12.9. The van der Waals surface area contributed by atoms with Crippen LogP contribution in [0.5, 0.6) is 0 Å². The third-order valence-corrected chi connectivity index (χ3v) is 4.53. The van der Waals surface area contributed by atoms with Crippen LogP contribution in [0.15, 0.2) is 0 Å². The summed E-state index contributed by atoms with van der Waals surface area (Å²) in [4.78, 5) is 0. The van der Waals surface area contributed by atoms with E-state index >= 15 is 0 Å². The fourth-order valence-corrected chi connectivity index (χ4v) is 3.02. The van der Waals surface area contributed by atoms with E-state index in [1.807, 2.05) is 11.8 Å². The Morgan fingerprint density at radius 1 is 1.50 bits per heavy atom. The summed E-state index contributed by atoms with van der Waals surface area (Å²) in [5.41, 5.74) is -0.755. The van der Waals surface area contributed by atoms with Crippen LogP contribution in [0.1, 0.15) is 26.2 Å². The van der Waals surface area contributed by atoms with Crippen molar-refractivity contribution in [3.63, 3.8) is 0 Å². The molecule has 1 aliphatic heterocycles. The largest absolute Gasteiger partial charge is 0.312 e. The Hall–Kier alpha value is 0.170. The van der Waals surface area contributed by atoms with Crippen molar-refractivity contribution in [3.8, 4) is 0 Å². The molecule has 1 saturated heterocycles. The van der Waals surface area contributed by atoms with Gasteiger partial charge in [-0.3, -0.25) is 0 Å². The zero-order valence-electron chi connectivity index (χ0n) is 8.48. The maximum absolute atomic E-state index is 12.9. The van der Waals surface area contributed by atoms with Gasteiger partial charge in [-0.05, 0) is 18.6 Å². The van der Waals surface area contributed by atoms with Gasteiger partial charge in [0.1, 0.15) is 0 Å². The number of rotatable bonds is 3. The van der Waals surface area contributed by atoms with Crippen molar-refractivity contribution in [2.24, 2.45) is 5.41 Å². The second-order valence-corrected chi connectivity index (χ2v) is 5.89. The fraction of sp³-hybridized carbons (Fsp3) is 1.00. The molecular weight excluding hydrogens is 204 g/mol. The van der Waals surface area contributed by atoms with E-state index in [9.17, 15) is 8.78 Å². The number of halogens is 2. The van der Waals surface area contributed by atoms with E-state index in [1.54, 1.807) is 6.92 Å². The molecule has 2 fully saturated rings. The SMILES string of the molecule is CC1(CNC2CCCSC2)CC1(F)F. The van der Waals surface area contributed by atoms with Gasteiger partial charge in [0.15, 0.2) is 0 Å². The molecule has 1 heterocycles. The second-order valence-electron chi connectivity index (χ2n) is 4.74. The Labute approximate surface area is 88.0 Å². The van der Waals surface area contributed by atoms with Crippen LogP contribution in [0.3, 0.4) is 0 Å². The summed E-state index contributed by atoms with van der Waals surface area (Å²) in [6, 6.07) is 0.460. The average molecular weight is 221 g/mol. The van der Waals surface area contributed by atoms with Crippen LogP contribution in [0.4, 0.5) is 8.78 Å². The van der Waals surface area contributed by atoms with E-state index in [-0.39, 0.29) is 6.42 Å². The smallest absolute Gasteiger partial charge is 0.255 e. The van der Waals surface area contributed by atoms with Crippen LogP contribution in [-0.2, 0) is 0 Å². The predicted octanol–water partition coefficient (Wildman–Crippen LogP) is 2.52. The van der Waals surface area contributed by atoms with E-state index in [0.717, 1.165) is 12.2 Å². The highest BCUT2D eigenvalue weighted by Gasteiger charge is 2.67. The summed E-state index contributed by atoms with van der Waals surface area (Å²) < 4.78 is 25.8. The van der Waals surface area contributed by atoms with Crippen molar-refractivity contribution in [2.75, 3.05) is 18.1 Å². The van der Waals surface area contributed by atoms with Crippen LogP contribution in [0.2, 0.25) is 0 Å². The van der Waals surface area contributed by atoms with Crippen molar-refractivity contribution < 1.29 is 8.78 Å². The van der Waals surface area contributed by atoms with Gasteiger partial charge in [0.25, 0.3) is 5.92 Å². The first-order valence-corrected chi connectivity index (χ1v) is 6.38. The van der Waals surface area contributed by atoms with Crippen molar-refractivity contribution in [1.82, 2.24) is 5.32 Å². The lowest BCUT2D eigenvalue weighted by molar-refractivity contribution is 0.0689. The molecule has 0 spiro atoms. The Kier molecular flexibility index (Phi) is 2.77. The maximum Gasteiger partial charge on any atom is 0.255 e. The molecule has 0 radical (unpaired) electrons. The van der Waals surface area contributed by atoms with E-state index in [2.05, 4.69) is 5.32 Å². The zero-order chi connectivity index (χ0) is 10.2. The molecule has 0 bridgehead atoms. The van der Waals surface area contributed by atoms with Crippen molar-refractivity contribution in [1.29, 1.82) is 0 Å². The van der Waals surface area contributed by atoms with E-state index < -0.39 is 11.3 Å². The first-order valence-electron chi connectivity index (χ1n) is 5.22. The molecule has 1 saturated carbocycles. The number of hydrogen-bond donors (Lipinski definition) is 1. The molecule has 0 aromatic heterocycles. The van der Waals surface area contributed by atoms with Crippen LogP contribution in [0, 0.1) is 5.41 Å². The van der Waals surface area contributed by atoms with Gasteiger partial charge in [-0.25, -0.2) is 8.78 Å². The number of hydrogen-bond acceptors (Lipinski definition) is 2. The van der Waals surface area contributed by atoms with E-state index in [0.29, 0.717) is 12.6 Å². The fourth-order valence-electron chi connectivity index (χ4n) is 1.91. The van der Waals surface area contributed by atoms with E-state index in [4.69, 9.17) is 0 Å². The molecule has 1 N–H and O–H groups in total. The Bertz CT molecular complexity index is 216. The standard InChI is InChI=1S/C10H17F2NS/c1-9(6-10(9,11)12)7-13-8-3-2-4-14-5-8/h8,13H,2-7H2,1H3. The molecule has 14 heavy (non-hydrogen) atoms. The molecule has 2 atom stereocenters. The molecule has 0 amide bonds. The quantitative estimate of drug-likeness (QED) is 0.786. The van der Waals surface area contributed by atoms with Gasteiger partial charge < -0.3 is 5.32 Å². The summed E-state index contributed by atoms with van der Waals surface area (Å²) in [5, 5.41) is 3.28. The Morgan fingerprint density at radius 2 is 2.21 bits per heavy atom. The van der Waals surface area contributed by atoms with Crippen LogP contribution in [-0.4, -0.2) is 30.0 Å². The van der Waals surface area contributed by atoms with Crippen LogP contribution in [0.25, 0.3) is 0 Å². The second kappa shape index (κ2) is 3.63. The van der Waals surface area contributed by atoms with Gasteiger partial charge in [0.05, 0.1) is 0 Å². The topological polar surface area (TPSA) is 12.0 Å². The molecule has 0 aromatic rings. The van der Waals surface area contributed by atoms with E-state index in [1.165, 1.54) is 12.2 Å². The van der Waals surface area contributed by atoms with Gasteiger partial charge >= 0.3 is 0 Å². The average Bonchev–Trinajstić information content (AvgIpc) is 2.65. The van der Waals surface area contributed by atoms with Crippen molar-refractivity contribution >= 4 is 11.8 Å². The summed E-state index contributed by atoms with van der Waals surface area (Å²) >= 11 is 1.92. The molecule has 0 aromatic carbocycles. The molecule has 82 valence electrons. The van der Waals surface area contributed by atoms with Gasteiger partial charge in [0.2, 0.25) is 0 Å². The monoisotopic (exact) mass is 221 g/mol. The number of thioether (sulfide) groups is 1. The molecular formula is C10H17F2NS. The molecule has 2 rings (SSSR count). The normalized spacial score (nSPS) is 40.9. The number of nitrogens with one attached hydrogen (secondary N) is 1. The molecule has 2 unspecified atom stereocenters. The minimum Gasteiger partial charge on any atom is -0.312 e. The highest BCUT2D eigenvalue weighted by molar-refractivity contribution is 7.99. The summed E-state index contributed by atoms with van der Waals surface area (Å²) in [6.45, 7) is 2.15. The zero-order valence-corrected chi connectivity index (χ0v) is 9.30. The van der Waals surface area contributed by atoms with Gasteiger partial charge in [-0.1, -0.05) is 6.92 Å². The molecule has 1 nitrogen and oxygen atoms in total. The lowest BCUT2D eigenvalue weighted by Crippen LogP contribution is -2.38. The highest BCUT2D eigenvalue weighted by Crippen LogP contribution is 2.59. The van der Waals surface area contributed by atoms with Crippen LogP contribution >= 0.6 is 11.8 Å². The lowest BCUT2D eigenvalue weighted by atomic mass is 10.1. The molecule has 2 aliphatic rings. The summed E-state index contributed by atoms with van der Waals surface area (Å²) in [5.74, 6) is -0.102. The van der Waals surface area contributed by atoms with Gasteiger partial charge in [-0.15, -0.1) is 0 Å². The minimum atomic E-state index is -2.41. The molecule has 4 heteroatoms. The Balaban J connectivity index is 1.72. The summed E-state index contributed by atoms with van der Waals surface area (Å²) in [6.07, 6.45) is 2.43. The Morgan fingerprint density at radius 3 is 2.71 bits per heavy atom. The minimum absolute atomic E-state index is 0.0624. The van der Waals surface area contributed by atoms with Crippen molar-refractivity contribution in [3.05, 3.63) is 0 Å².